The molecule has 2 amide bonds. The van der Waals surface area contributed by atoms with E-state index in [1.807, 2.05) is 41.3 Å². The van der Waals surface area contributed by atoms with Gasteiger partial charge in [0.1, 0.15) is 0 Å². The quantitative estimate of drug-likeness (QED) is 0.658. The number of hydrogen-bond donors (Lipinski definition) is 1. The smallest absolute Gasteiger partial charge is 0.227 e. The van der Waals surface area contributed by atoms with Gasteiger partial charge in [0.2, 0.25) is 11.8 Å². The Labute approximate surface area is 175 Å². The van der Waals surface area contributed by atoms with E-state index in [2.05, 4.69) is 52.1 Å². The number of carbonyl (C=O) groups is 2. The van der Waals surface area contributed by atoms with Crippen LogP contribution in [0.3, 0.4) is 0 Å². The third-order valence-corrected chi connectivity index (χ3v) is 4.79. The first-order valence-electron chi connectivity index (χ1n) is 10.5. The molecule has 0 atom stereocenters. The molecule has 2 rings (SSSR count). The van der Waals surface area contributed by atoms with Gasteiger partial charge in [-0.1, -0.05) is 64.1 Å². The Kier molecular flexibility index (Phi) is 8.44. The van der Waals surface area contributed by atoms with E-state index in [-0.39, 0.29) is 11.8 Å². The van der Waals surface area contributed by atoms with Crippen LogP contribution in [0, 0.1) is 18.8 Å². The van der Waals surface area contributed by atoms with Gasteiger partial charge in [0.05, 0.1) is 13.0 Å². The molecule has 0 spiro atoms. The minimum absolute atomic E-state index is 0.0269. The van der Waals surface area contributed by atoms with E-state index < -0.39 is 0 Å². The maximum Gasteiger partial charge on any atom is 0.227 e. The number of rotatable bonds is 9. The second kappa shape index (κ2) is 10.8. The molecule has 0 saturated carbocycles. The predicted molar refractivity (Wildman–Crippen MR) is 120 cm³/mol. The Morgan fingerprint density at radius 3 is 2.17 bits per heavy atom. The number of amides is 2. The molecule has 0 aliphatic rings. The number of nitrogens with zero attached hydrogens (tertiary/aromatic N) is 1. The molecule has 2 aromatic rings. The van der Waals surface area contributed by atoms with Crippen molar-refractivity contribution in [2.45, 2.75) is 54.0 Å². The Balaban J connectivity index is 2.16. The second-order valence-corrected chi connectivity index (χ2v) is 8.55. The van der Waals surface area contributed by atoms with Crippen LogP contribution in [0.4, 0.5) is 5.69 Å². The summed E-state index contributed by atoms with van der Waals surface area (Å²) in [6.45, 7) is 11.6. The number of carbonyl (C=O) groups excluding carboxylic acids is 2. The highest BCUT2D eigenvalue weighted by Gasteiger charge is 2.18. The molecule has 4 heteroatoms. The third kappa shape index (κ3) is 7.37. The van der Waals surface area contributed by atoms with Crippen molar-refractivity contribution in [2.24, 2.45) is 11.8 Å². The topological polar surface area (TPSA) is 49.4 Å². The van der Waals surface area contributed by atoms with Gasteiger partial charge in [-0.15, -0.1) is 0 Å². The summed E-state index contributed by atoms with van der Waals surface area (Å²) in [4.78, 5) is 26.9. The molecule has 0 aromatic heterocycles. The van der Waals surface area contributed by atoms with Crippen molar-refractivity contribution in [2.75, 3.05) is 11.4 Å². The van der Waals surface area contributed by atoms with E-state index in [1.165, 1.54) is 5.56 Å². The molecule has 156 valence electrons. The zero-order valence-electron chi connectivity index (χ0n) is 18.4. The number of benzene rings is 2. The van der Waals surface area contributed by atoms with Crippen LogP contribution in [-0.4, -0.2) is 18.4 Å². The van der Waals surface area contributed by atoms with Gasteiger partial charge >= 0.3 is 0 Å². The number of aryl methyl sites for hydroxylation is 1. The first-order chi connectivity index (χ1) is 13.8. The largest absolute Gasteiger partial charge is 0.356 e. The van der Waals surface area contributed by atoms with Crippen LogP contribution in [0.5, 0.6) is 0 Å². The molecule has 0 bridgehead atoms. The summed E-state index contributed by atoms with van der Waals surface area (Å²) in [6, 6.07) is 15.9. The van der Waals surface area contributed by atoms with Crippen LogP contribution in [0.2, 0.25) is 0 Å². The van der Waals surface area contributed by atoms with Crippen molar-refractivity contribution in [3.63, 3.8) is 0 Å². The Hall–Kier alpha value is -2.62. The van der Waals surface area contributed by atoms with Crippen molar-refractivity contribution in [1.29, 1.82) is 0 Å². The lowest BCUT2D eigenvalue weighted by molar-refractivity contribution is -0.121. The fraction of sp³-hybridized carbons (Fsp3) is 0.440. The van der Waals surface area contributed by atoms with Crippen LogP contribution >= 0.6 is 0 Å². The maximum atomic E-state index is 12.9. The summed E-state index contributed by atoms with van der Waals surface area (Å²) in [5.41, 5.74) is 4.13. The SMILES string of the molecule is Cc1ccccc1CN(C(=O)CC(C)C)c1ccc(CC(=O)NCC(C)C)cc1. The van der Waals surface area contributed by atoms with Gasteiger partial charge in [-0.25, -0.2) is 0 Å². The van der Waals surface area contributed by atoms with E-state index in [1.54, 1.807) is 0 Å². The number of nitrogens with one attached hydrogen (secondary N) is 1. The minimum atomic E-state index is 0.0269. The first kappa shape index (κ1) is 22.7. The van der Waals surface area contributed by atoms with Crippen molar-refractivity contribution < 1.29 is 9.59 Å². The van der Waals surface area contributed by atoms with Crippen molar-refractivity contribution in [1.82, 2.24) is 5.32 Å². The van der Waals surface area contributed by atoms with Crippen LogP contribution in [0.15, 0.2) is 48.5 Å². The monoisotopic (exact) mass is 394 g/mol. The van der Waals surface area contributed by atoms with Gasteiger partial charge in [0.15, 0.2) is 0 Å². The number of anilines is 1. The predicted octanol–water partition coefficient (Wildman–Crippen LogP) is 4.89. The van der Waals surface area contributed by atoms with Gasteiger partial charge in [-0.2, -0.15) is 0 Å². The van der Waals surface area contributed by atoms with E-state index >= 15 is 0 Å². The summed E-state index contributed by atoms with van der Waals surface area (Å²) in [7, 11) is 0. The number of hydrogen-bond acceptors (Lipinski definition) is 2. The summed E-state index contributed by atoms with van der Waals surface area (Å²) in [5, 5.41) is 2.94. The molecule has 4 nitrogen and oxygen atoms in total. The Morgan fingerprint density at radius 1 is 0.931 bits per heavy atom. The molecule has 2 aromatic carbocycles. The Morgan fingerprint density at radius 2 is 1.59 bits per heavy atom. The molecule has 0 unspecified atom stereocenters. The van der Waals surface area contributed by atoms with Crippen LogP contribution in [-0.2, 0) is 22.6 Å². The third-order valence-electron chi connectivity index (χ3n) is 4.79. The van der Waals surface area contributed by atoms with Gasteiger partial charge in [-0.05, 0) is 47.6 Å². The molecular weight excluding hydrogens is 360 g/mol. The molecular formula is C25H34N2O2. The highest BCUT2D eigenvalue weighted by molar-refractivity contribution is 5.93. The summed E-state index contributed by atoms with van der Waals surface area (Å²) in [6.07, 6.45) is 0.857. The molecule has 0 saturated heterocycles. The average molecular weight is 395 g/mol. The summed E-state index contributed by atoms with van der Waals surface area (Å²) >= 11 is 0. The zero-order valence-corrected chi connectivity index (χ0v) is 18.4. The lowest BCUT2D eigenvalue weighted by Crippen LogP contribution is -2.31. The summed E-state index contributed by atoms with van der Waals surface area (Å²) < 4.78 is 0. The maximum absolute atomic E-state index is 12.9. The fourth-order valence-electron chi connectivity index (χ4n) is 3.10. The van der Waals surface area contributed by atoms with Crippen LogP contribution in [0.25, 0.3) is 0 Å². The van der Waals surface area contributed by atoms with E-state index in [9.17, 15) is 9.59 Å². The molecule has 0 heterocycles. The first-order valence-corrected chi connectivity index (χ1v) is 10.5. The molecule has 0 fully saturated rings. The second-order valence-electron chi connectivity index (χ2n) is 8.55. The average Bonchev–Trinajstić information content (AvgIpc) is 2.66. The molecule has 0 radical (unpaired) electrons. The lowest BCUT2D eigenvalue weighted by Gasteiger charge is -2.25. The van der Waals surface area contributed by atoms with Crippen LogP contribution < -0.4 is 10.2 Å². The zero-order chi connectivity index (χ0) is 21.4. The van der Waals surface area contributed by atoms with Crippen molar-refractivity contribution >= 4 is 17.5 Å². The van der Waals surface area contributed by atoms with Gasteiger partial charge < -0.3 is 10.2 Å². The van der Waals surface area contributed by atoms with Gasteiger partial charge in [-0.3, -0.25) is 9.59 Å². The van der Waals surface area contributed by atoms with Gasteiger partial charge in [0.25, 0.3) is 0 Å². The lowest BCUT2D eigenvalue weighted by atomic mass is 10.1. The normalized spacial score (nSPS) is 11.0. The Bertz CT molecular complexity index is 810. The van der Waals surface area contributed by atoms with Crippen molar-refractivity contribution in [3.05, 3.63) is 65.2 Å². The highest BCUT2D eigenvalue weighted by atomic mass is 16.2. The molecule has 0 aliphatic carbocycles. The van der Waals surface area contributed by atoms with E-state index in [4.69, 9.17) is 0 Å². The van der Waals surface area contributed by atoms with Crippen LogP contribution in [0.1, 0.15) is 50.8 Å². The fourth-order valence-corrected chi connectivity index (χ4v) is 3.10. The molecule has 1 N–H and O–H groups in total. The summed E-state index contributed by atoms with van der Waals surface area (Å²) in [5.74, 6) is 0.874. The van der Waals surface area contributed by atoms with Gasteiger partial charge in [0, 0.05) is 18.7 Å². The minimum Gasteiger partial charge on any atom is -0.356 e. The highest BCUT2D eigenvalue weighted by Crippen LogP contribution is 2.22. The van der Waals surface area contributed by atoms with E-state index in [0.717, 1.165) is 16.8 Å². The van der Waals surface area contributed by atoms with Crippen molar-refractivity contribution in [3.8, 4) is 0 Å². The molecule has 29 heavy (non-hydrogen) atoms. The standard InChI is InChI=1S/C25H34N2O2/c1-18(2)14-25(29)27(17-22-9-7-6-8-20(22)5)23-12-10-21(11-13-23)15-24(28)26-16-19(3)4/h6-13,18-19H,14-17H2,1-5H3,(H,26,28). The van der Waals surface area contributed by atoms with E-state index in [0.29, 0.717) is 37.8 Å². The molecule has 0 aliphatic heterocycles.